The van der Waals surface area contributed by atoms with Gasteiger partial charge in [-0.2, -0.15) is 5.10 Å². The summed E-state index contributed by atoms with van der Waals surface area (Å²) in [6.07, 6.45) is 1.40. The number of carbonyl (C=O) groups is 1. The van der Waals surface area contributed by atoms with Crippen LogP contribution in [0.5, 0.6) is 0 Å². The molecule has 10 heteroatoms. The topological polar surface area (TPSA) is 124 Å². The fourth-order valence-electron chi connectivity index (χ4n) is 3.20. The van der Waals surface area contributed by atoms with Crippen LogP contribution in [0.1, 0.15) is 42.3 Å². The van der Waals surface area contributed by atoms with Crippen molar-refractivity contribution in [2.24, 2.45) is 7.05 Å². The van der Waals surface area contributed by atoms with Crippen LogP contribution in [0.3, 0.4) is 0 Å². The zero-order valence-electron chi connectivity index (χ0n) is 18.4. The molecule has 0 aliphatic rings. The molecule has 0 atom stereocenters. The second-order valence-electron chi connectivity index (χ2n) is 8.53. The number of carbonyl (C=O) groups excluding carboxylic acids is 1. The molecular formula is C22H24N4O5S. The SMILES string of the molecule is Cc1ccc(C(C)(C)C)cc1S(=O)(=O)NC(=O)c1cn(C)nc1-c1ccc([N+](=O)[O-])cc1. The highest BCUT2D eigenvalue weighted by molar-refractivity contribution is 7.90. The van der Waals surface area contributed by atoms with Crippen LogP contribution in [-0.2, 0) is 22.5 Å². The standard InChI is InChI=1S/C22H24N4O5S/c1-14-6-9-16(22(2,3)4)12-19(14)32(30,31)24-21(27)18-13-25(5)23-20(18)15-7-10-17(11-8-15)26(28)29/h6-13H,1-5H3,(H,24,27). The summed E-state index contributed by atoms with van der Waals surface area (Å²) < 4.78 is 29.6. The number of hydrogen-bond acceptors (Lipinski definition) is 6. The van der Waals surface area contributed by atoms with Gasteiger partial charge >= 0.3 is 0 Å². The van der Waals surface area contributed by atoms with Crippen molar-refractivity contribution in [3.8, 4) is 11.3 Å². The summed E-state index contributed by atoms with van der Waals surface area (Å²) >= 11 is 0. The molecule has 1 heterocycles. The van der Waals surface area contributed by atoms with Crippen molar-refractivity contribution in [2.75, 3.05) is 0 Å². The molecule has 1 N–H and O–H groups in total. The average Bonchev–Trinajstić information content (AvgIpc) is 3.09. The first kappa shape index (κ1) is 23.1. The lowest BCUT2D eigenvalue weighted by molar-refractivity contribution is -0.384. The number of non-ortho nitro benzene ring substituents is 1. The fourth-order valence-corrected chi connectivity index (χ4v) is 4.43. The Kier molecular flexibility index (Phi) is 5.92. The number of sulfonamides is 1. The number of hydrogen-bond donors (Lipinski definition) is 1. The molecule has 0 radical (unpaired) electrons. The van der Waals surface area contributed by atoms with Gasteiger partial charge in [-0.1, -0.05) is 32.9 Å². The van der Waals surface area contributed by atoms with Crippen molar-refractivity contribution in [2.45, 2.75) is 38.0 Å². The number of aryl methyl sites for hydroxylation is 2. The number of amides is 1. The summed E-state index contributed by atoms with van der Waals surface area (Å²) in [7, 11) is -2.56. The molecule has 3 rings (SSSR count). The lowest BCUT2D eigenvalue weighted by atomic mass is 9.87. The van der Waals surface area contributed by atoms with Crippen molar-refractivity contribution in [3.05, 3.63) is 75.5 Å². The highest BCUT2D eigenvalue weighted by atomic mass is 32.2. The Morgan fingerprint density at radius 2 is 1.75 bits per heavy atom. The summed E-state index contributed by atoms with van der Waals surface area (Å²) in [6, 6.07) is 10.7. The van der Waals surface area contributed by atoms with E-state index >= 15 is 0 Å². The molecule has 2 aromatic carbocycles. The van der Waals surface area contributed by atoms with Gasteiger partial charge in [0.25, 0.3) is 21.6 Å². The Hall–Kier alpha value is -3.53. The number of nitro groups is 1. The highest BCUT2D eigenvalue weighted by Gasteiger charge is 2.26. The number of nitrogens with one attached hydrogen (secondary N) is 1. The van der Waals surface area contributed by atoms with E-state index in [-0.39, 0.29) is 27.3 Å². The average molecular weight is 457 g/mol. The largest absolute Gasteiger partial charge is 0.274 e. The van der Waals surface area contributed by atoms with Crippen LogP contribution in [0, 0.1) is 17.0 Å². The zero-order chi connectivity index (χ0) is 23.8. The maximum Gasteiger partial charge on any atom is 0.269 e. The number of benzene rings is 2. The third-order valence-corrected chi connectivity index (χ3v) is 6.47. The van der Waals surface area contributed by atoms with Gasteiger partial charge < -0.3 is 0 Å². The van der Waals surface area contributed by atoms with E-state index in [0.29, 0.717) is 11.1 Å². The van der Waals surface area contributed by atoms with Gasteiger partial charge in [-0.3, -0.25) is 19.6 Å². The van der Waals surface area contributed by atoms with E-state index in [1.165, 1.54) is 35.1 Å². The molecule has 9 nitrogen and oxygen atoms in total. The predicted molar refractivity (Wildman–Crippen MR) is 120 cm³/mol. The van der Waals surface area contributed by atoms with Crippen molar-refractivity contribution in [3.63, 3.8) is 0 Å². The predicted octanol–water partition coefficient (Wildman–Crippen LogP) is 3.72. The van der Waals surface area contributed by atoms with E-state index in [2.05, 4.69) is 9.82 Å². The summed E-state index contributed by atoms with van der Waals surface area (Å²) in [6.45, 7) is 7.58. The normalized spacial score (nSPS) is 11.9. The molecule has 0 fully saturated rings. The van der Waals surface area contributed by atoms with Crippen LogP contribution in [0.25, 0.3) is 11.3 Å². The molecule has 168 valence electrons. The van der Waals surface area contributed by atoms with E-state index in [1.54, 1.807) is 26.1 Å². The van der Waals surface area contributed by atoms with Gasteiger partial charge in [-0.05, 0) is 41.7 Å². The maximum absolute atomic E-state index is 13.1. The van der Waals surface area contributed by atoms with E-state index < -0.39 is 20.9 Å². The number of nitrogens with zero attached hydrogens (tertiary/aromatic N) is 3. The number of rotatable bonds is 5. The van der Waals surface area contributed by atoms with E-state index in [4.69, 9.17) is 0 Å². The second kappa shape index (κ2) is 8.19. The second-order valence-corrected chi connectivity index (χ2v) is 10.2. The van der Waals surface area contributed by atoms with Gasteiger partial charge in [-0.15, -0.1) is 0 Å². The Labute approximate surface area is 186 Å². The molecule has 0 unspecified atom stereocenters. The van der Waals surface area contributed by atoms with Crippen LogP contribution in [0.4, 0.5) is 5.69 Å². The van der Waals surface area contributed by atoms with Crippen molar-refractivity contribution in [1.82, 2.24) is 14.5 Å². The molecule has 1 aromatic heterocycles. The molecule has 32 heavy (non-hydrogen) atoms. The first-order valence-electron chi connectivity index (χ1n) is 9.76. The third kappa shape index (κ3) is 4.70. The minimum Gasteiger partial charge on any atom is -0.274 e. The first-order valence-corrected chi connectivity index (χ1v) is 11.2. The molecule has 1 amide bonds. The lowest BCUT2D eigenvalue weighted by Crippen LogP contribution is -2.31. The van der Waals surface area contributed by atoms with Gasteiger partial charge in [0.1, 0.15) is 5.69 Å². The first-order chi connectivity index (χ1) is 14.8. The highest BCUT2D eigenvalue weighted by Crippen LogP contribution is 2.28. The Morgan fingerprint density at radius 1 is 1.12 bits per heavy atom. The minimum atomic E-state index is -4.15. The van der Waals surface area contributed by atoms with E-state index in [0.717, 1.165) is 5.56 Å². The van der Waals surface area contributed by atoms with Crippen LogP contribution in [-0.4, -0.2) is 29.0 Å². The molecular weight excluding hydrogens is 432 g/mol. The van der Waals surface area contributed by atoms with Gasteiger partial charge in [-0.25, -0.2) is 13.1 Å². The van der Waals surface area contributed by atoms with Gasteiger partial charge in [0.15, 0.2) is 0 Å². The van der Waals surface area contributed by atoms with Crippen LogP contribution in [0.2, 0.25) is 0 Å². The smallest absolute Gasteiger partial charge is 0.269 e. The van der Waals surface area contributed by atoms with Crippen LogP contribution < -0.4 is 4.72 Å². The number of aromatic nitrogens is 2. The third-order valence-electron chi connectivity index (χ3n) is 5.00. The van der Waals surface area contributed by atoms with Crippen molar-refractivity contribution < 1.29 is 18.1 Å². The number of nitro benzene ring substituents is 1. The molecule has 0 saturated carbocycles. The summed E-state index contributed by atoms with van der Waals surface area (Å²) in [5, 5.41) is 15.1. The van der Waals surface area contributed by atoms with Crippen molar-refractivity contribution >= 4 is 21.6 Å². The Balaban J connectivity index is 1.97. The summed E-state index contributed by atoms with van der Waals surface area (Å²) in [5.74, 6) is -0.841. The van der Waals surface area contributed by atoms with Gasteiger partial charge in [0, 0.05) is 30.9 Å². The van der Waals surface area contributed by atoms with E-state index in [1.807, 2.05) is 26.8 Å². The molecule has 0 spiro atoms. The molecule has 0 bridgehead atoms. The fraction of sp³-hybridized carbons (Fsp3) is 0.273. The molecule has 3 aromatic rings. The van der Waals surface area contributed by atoms with Crippen molar-refractivity contribution in [1.29, 1.82) is 0 Å². The van der Waals surface area contributed by atoms with Gasteiger partial charge in [0.05, 0.1) is 15.4 Å². The Bertz CT molecular complexity index is 1300. The maximum atomic E-state index is 13.1. The van der Waals surface area contributed by atoms with E-state index in [9.17, 15) is 23.3 Å². The molecule has 0 aliphatic heterocycles. The lowest BCUT2D eigenvalue weighted by Gasteiger charge is -2.20. The van der Waals surface area contributed by atoms with Gasteiger partial charge in [0.2, 0.25) is 0 Å². The summed E-state index contributed by atoms with van der Waals surface area (Å²) in [5.41, 5.74) is 1.67. The van der Waals surface area contributed by atoms with Crippen LogP contribution in [0.15, 0.2) is 53.6 Å². The quantitative estimate of drug-likeness (QED) is 0.461. The minimum absolute atomic E-state index is 0.0269. The Morgan fingerprint density at radius 3 is 2.31 bits per heavy atom. The monoisotopic (exact) mass is 456 g/mol. The molecule has 0 saturated heterocycles. The molecule has 0 aliphatic carbocycles. The van der Waals surface area contributed by atoms with Crippen LogP contribution >= 0.6 is 0 Å². The summed E-state index contributed by atoms with van der Waals surface area (Å²) in [4.78, 5) is 23.3. The zero-order valence-corrected chi connectivity index (χ0v) is 19.2.